The summed E-state index contributed by atoms with van der Waals surface area (Å²) < 4.78 is 10.2. The first-order valence-electron chi connectivity index (χ1n) is 7.75. The van der Waals surface area contributed by atoms with Crippen LogP contribution < -0.4 is 10.1 Å². The molecule has 0 bridgehead atoms. The number of hydrogen-bond acceptors (Lipinski definition) is 4. The number of para-hydroxylation sites is 2. The Morgan fingerprint density at radius 2 is 1.83 bits per heavy atom. The van der Waals surface area contributed by atoms with Gasteiger partial charge in [0.2, 0.25) is 5.91 Å². The average Bonchev–Trinajstić information content (AvgIpc) is 2.53. The highest BCUT2D eigenvalue weighted by molar-refractivity contribution is 5.92. The predicted molar refractivity (Wildman–Crippen MR) is 90.5 cm³/mol. The van der Waals surface area contributed by atoms with Crippen LogP contribution in [0.15, 0.2) is 36.4 Å². The zero-order chi connectivity index (χ0) is 17.1. The van der Waals surface area contributed by atoms with Crippen LogP contribution in [-0.2, 0) is 14.3 Å². The van der Waals surface area contributed by atoms with Gasteiger partial charge in [0, 0.05) is 12.8 Å². The molecule has 0 saturated carbocycles. The lowest BCUT2D eigenvalue weighted by Crippen LogP contribution is -2.12. The molecule has 1 aromatic carbocycles. The molecule has 0 fully saturated rings. The van der Waals surface area contributed by atoms with Gasteiger partial charge >= 0.3 is 5.97 Å². The quantitative estimate of drug-likeness (QED) is 0.406. The molecule has 126 valence electrons. The zero-order valence-corrected chi connectivity index (χ0v) is 13.9. The van der Waals surface area contributed by atoms with E-state index >= 15 is 0 Å². The van der Waals surface area contributed by atoms with E-state index < -0.39 is 0 Å². The normalized spacial score (nSPS) is 10.0. The second-order valence-electron chi connectivity index (χ2n) is 5.43. The Bertz CT molecular complexity index is 540. The molecule has 0 aliphatic carbocycles. The Morgan fingerprint density at radius 3 is 2.52 bits per heavy atom. The van der Waals surface area contributed by atoms with E-state index in [1.807, 2.05) is 31.2 Å². The highest BCUT2D eigenvalue weighted by Crippen LogP contribution is 2.24. The molecule has 1 aromatic rings. The molecule has 0 aliphatic heterocycles. The van der Waals surface area contributed by atoms with Gasteiger partial charge in [-0.3, -0.25) is 9.59 Å². The first-order valence-corrected chi connectivity index (χ1v) is 7.75. The van der Waals surface area contributed by atoms with Gasteiger partial charge in [-0.2, -0.15) is 0 Å². The summed E-state index contributed by atoms with van der Waals surface area (Å²) in [5, 5.41) is 2.86. The highest BCUT2D eigenvalue weighted by atomic mass is 16.5. The summed E-state index contributed by atoms with van der Waals surface area (Å²) in [6.07, 6.45) is 3.10. The van der Waals surface area contributed by atoms with Crippen LogP contribution in [0, 0.1) is 0 Å². The molecule has 1 rings (SSSR count). The van der Waals surface area contributed by atoms with Crippen molar-refractivity contribution in [3.63, 3.8) is 0 Å². The highest BCUT2D eigenvalue weighted by Gasteiger charge is 2.08. The lowest BCUT2D eigenvalue weighted by atomic mass is 10.1. The number of esters is 1. The molecular weight excluding hydrogens is 294 g/mol. The van der Waals surface area contributed by atoms with E-state index in [0.717, 1.165) is 24.8 Å². The largest absolute Gasteiger partial charge is 0.487 e. The van der Waals surface area contributed by atoms with Crippen molar-refractivity contribution in [1.82, 2.24) is 0 Å². The molecular formula is C18H25NO4. The van der Waals surface area contributed by atoms with E-state index in [1.54, 1.807) is 0 Å². The fourth-order valence-electron chi connectivity index (χ4n) is 1.94. The van der Waals surface area contributed by atoms with Crippen molar-refractivity contribution in [2.45, 2.75) is 39.0 Å². The van der Waals surface area contributed by atoms with Gasteiger partial charge in [0.05, 0.1) is 12.8 Å². The summed E-state index contributed by atoms with van der Waals surface area (Å²) in [4.78, 5) is 23.0. The first kappa shape index (κ1) is 18.7. The molecule has 5 nitrogen and oxygen atoms in total. The van der Waals surface area contributed by atoms with E-state index in [0.29, 0.717) is 30.9 Å². The summed E-state index contributed by atoms with van der Waals surface area (Å²) in [6.45, 7) is 6.09. The number of rotatable bonds is 10. The van der Waals surface area contributed by atoms with Crippen molar-refractivity contribution in [3.05, 3.63) is 36.4 Å². The minimum absolute atomic E-state index is 0.0607. The zero-order valence-electron chi connectivity index (χ0n) is 13.9. The number of ether oxygens (including phenoxy) is 2. The van der Waals surface area contributed by atoms with Crippen LogP contribution in [0.3, 0.4) is 0 Å². The number of benzene rings is 1. The van der Waals surface area contributed by atoms with Gasteiger partial charge in [-0.15, -0.1) is 0 Å². The number of carbonyl (C=O) groups excluding carboxylic acids is 2. The minimum atomic E-state index is -0.210. The smallest absolute Gasteiger partial charge is 0.305 e. The number of amides is 1. The maximum atomic E-state index is 12.0. The van der Waals surface area contributed by atoms with E-state index in [4.69, 9.17) is 4.74 Å². The van der Waals surface area contributed by atoms with Gasteiger partial charge < -0.3 is 14.8 Å². The van der Waals surface area contributed by atoms with E-state index in [-0.39, 0.29) is 11.9 Å². The average molecular weight is 319 g/mol. The van der Waals surface area contributed by atoms with E-state index in [2.05, 4.69) is 16.6 Å². The molecule has 0 aromatic heterocycles. The maximum Gasteiger partial charge on any atom is 0.305 e. The van der Waals surface area contributed by atoms with Crippen LogP contribution in [0.4, 0.5) is 5.69 Å². The van der Waals surface area contributed by atoms with Crippen molar-refractivity contribution < 1.29 is 19.1 Å². The number of unbranched alkanes of at least 4 members (excludes halogenated alkanes) is 2. The monoisotopic (exact) mass is 319 g/mol. The van der Waals surface area contributed by atoms with Crippen LogP contribution in [-0.4, -0.2) is 25.6 Å². The Balaban J connectivity index is 2.36. The molecule has 0 unspecified atom stereocenters. The Morgan fingerprint density at radius 1 is 1.13 bits per heavy atom. The van der Waals surface area contributed by atoms with Gasteiger partial charge in [0.15, 0.2) is 0 Å². The lowest BCUT2D eigenvalue weighted by Gasteiger charge is -2.12. The molecule has 0 heterocycles. The third-order valence-electron chi connectivity index (χ3n) is 3.15. The van der Waals surface area contributed by atoms with Gasteiger partial charge in [-0.1, -0.05) is 25.1 Å². The van der Waals surface area contributed by atoms with E-state index in [1.165, 1.54) is 7.11 Å². The number of hydrogen-bond donors (Lipinski definition) is 1. The first-order chi connectivity index (χ1) is 11.0. The fraction of sp³-hybridized carbons (Fsp3) is 0.444. The van der Waals surface area contributed by atoms with Crippen LogP contribution in [0.5, 0.6) is 5.75 Å². The Labute approximate surface area is 137 Å². The summed E-state index contributed by atoms with van der Waals surface area (Å²) in [5.41, 5.74) is 1.57. The van der Waals surface area contributed by atoms with Crippen LogP contribution in [0.1, 0.15) is 39.0 Å². The van der Waals surface area contributed by atoms with Gasteiger partial charge in [0.25, 0.3) is 0 Å². The van der Waals surface area contributed by atoms with Gasteiger partial charge in [-0.05, 0) is 37.5 Å². The molecule has 1 N–H and O–H groups in total. The molecule has 5 heteroatoms. The number of methoxy groups -OCH3 is 1. The van der Waals surface area contributed by atoms with Crippen molar-refractivity contribution >= 4 is 17.6 Å². The fourth-order valence-corrected chi connectivity index (χ4v) is 1.94. The molecule has 0 spiro atoms. The topological polar surface area (TPSA) is 64.6 Å². The molecule has 0 aliphatic rings. The number of nitrogens with one attached hydrogen (secondary N) is 1. The van der Waals surface area contributed by atoms with Gasteiger partial charge in [-0.25, -0.2) is 0 Å². The van der Waals surface area contributed by atoms with E-state index in [9.17, 15) is 9.59 Å². The van der Waals surface area contributed by atoms with Gasteiger partial charge in [0.1, 0.15) is 12.4 Å². The molecule has 23 heavy (non-hydrogen) atoms. The summed E-state index contributed by atoms with van der Waals surface area (Å²) in [7, 11) is 1.38. The summed E-state index contributed by atoms with van der Waals surface area (Å²) in [6, 6.07) is 7.33. The van der Waals surface area contributed by atoms with Crippen LogP contribution in [0.2, 0.25) is 0 Å². The van der Waals surface area contributed by atoms with Crippen molar-refractivity contribution in [1.29, 1.82) is 0 Å². The molecule has 0 saturated heterocycles. The Kier molecular flexibility index (Phi) is 8.50. The molecule has 1 amide bonds. The second kappa shape index (κ2) is 10.4. The minimum Gasteiger partial charge on any atom is -0.487 e. The maximum absolute atomic E-state index is 12.0. The SMILES string of the molecule is C=C(C)COc1ccccc1NC(=O)CCCCCC(=O)OC. The van der Waals surface area contributed by atoms with Crippen molar-refractivity contribution in [2.75, 3.05) is 19.0 Å². The lowest BCUT2D eigenvalue weighted by molar-refractivity contribution is -0.140. The second-order valence-corrected chi connectivity index (χ2v) is 5.43. The Hall–Kier alpha value is -2.30. The summed E-state index contributed by atoms with van der Waals surface area (Å²) in [5.74, 6) is 0.363. The molecule has 0 atom stereocenters. The van der Waals surface area contributed by atoms with Crippen molar-refractivity contribution in [3.8, 4) is 5.75 Å². The van der Waals surface area contributed by atoms with Crippen molar-refractivity contribution in [2.24, 2.45) is 0 Å². The van der Waals surface area contributed by atoms with Crippen LogP contribution >= 0.6 is 0 Å². The standard InChI is InChI=1S/C18H25NO4/c1-14(2)13-23-16-10-8-7-9-15(16)19-17(20)11-5-4-6-12-18(21)22-3/h7-10H,1,4-6,11-13H2,2-3H3,(H,19,20). The van der Waals surface area contributed by atoms with Crippen LogP contribution in [0.25, 0.3) is 0 Å². The third kappa shape index (κ3) is 8.04. The molecule has 0 radical (unpaired) electrons. The number of carbonyl (C=O) groups is 2. The number of anilines is 1. The predicted octanol–water partition coefficient (Wildman–Crippen LogP) is 3.70. The summed E-state index contributed by atoms with van der Waals surface area (Å²) >= 11 is 0. The third-order valence-corrected chi connectivity index (χ3v) is 3.15.